The van der Waals surface area contributed by atoms with Crippen molar-refractivity contribution < 1.29 is 9.53 Å². The van der Waals surface area contributed by atoms with E-state index in [4.69, 9.17) is 16.3 Å². The average Bonchev–Trinajstić information content (AvgIpc) is 2.35. The second-order valence-corrected chi connectivity index (χ2v) is 6.10. The first kappa shape index (κ1) is 14.8. The van der Waals surface area contributed by atoms with Crippen LogP contribution < -0.4 is 0 Å². The SMILES string of the molecule is CCc1cnc2c(C(=O)OC(C)(C)C)c(Cl)ccc2c1. The topological polar surface area (TPSA) is 39.2 Å². The van der Waals surface area contributed by atoms with E-state index < -0.39 is 11.6 Å². The summed E-state index contributed by atoms with van der Waals surface area (Å²) in [6.07, 6.45) is 2.67. The standard InChI is InChI=1S/C16H18ClNO2/c1-5-10-8-11-6-7-12(17)13(14(11)18-9-10)15(19)20-16(2,3)4/h6-9H,5H2,1-4H3. The molecule has 106 valence electrons. The van der Waals surface area contributed by atoms with Crippen molar-refractivity contribution in [1.82, 2.24) is 4.98 Å². The van der Waals surface area contributed by atoms with Crippen LogP contribution in [0.2, 0.25) is 5.02 Å². The summed E-state index contributed by atoms with van der Waals surface area (Å²) in [6, 6.07) is 5.61. The van der Waals surface area contributed by atoms with Crippen LogP contribution in [0.25, 0.3) is 10.9 Å². The lowest BCUT2D eigenvalue weighted by atomic mass is 10.1. The Kier molecular flexibility index (Phi) is 4.00. The van der Waals surface area contributed by atoms with Crippen molar-refractivity contribution in [2.45, 2.75) is 39.7 Å². The zero-order chi connectivity index (χ0) is 14.9. The van der Waals surface area contributed by atoms with Crippen molar-refractivity contribution in [3.05, 3.63) is 40.5 Å². The fourth-order valence-electron chi connectivity index (χ4n) is 1.94. The quantitative estimate of drug-likeness (QED) is 0.770. The van der Waals surface area contributed by atoms with Gasteiger partial charge in [0.2, 0.25) is 0 Å². The monoisotopic (exact) mass is 291 g/mol. The Morgan fingerprint density at radius 3 is 2.65 bits per heavy atom. The van der Waals surface area contributed by atoms with Crippen molar-refractivity contribution in [1.29, 1.82) is 0 Å². The van der Waals surface area contributed by atoms with Gasteiger partial charge in [0.1, 0.15) is 11.2 Å². The van der Waals surface area contributed by atoms with Crippen LogP contribution >= 0.6 is 11.6 Å². The number of aromatic nitrogens is 1. The van der Waals surface area contributed by atoms with Crippen LogP contribution in [0.4, 0.5) is 0 Å². The van der Waals surface area contributed by atoms with Gasteiger partial charge in [-0.25, -0.2) is 4.79 Å². The molecule has 0 aliphatic rings. The van der Waals surface area contributed by atoms with Crippen LogP contribution in [0.15, 0.2) is 24.4 Å². The molecule has 0 spiro atoms. The van der Waals surface area contributed by atoms with E-state index in [1.165, 1.54) is 0 Å². The third kappa shape index (κ3) is 3.10. The van der Waals surface area contributed by atoms with E-state index in [-0.39, 0.29) is 0 Å². The lowest BCUT2D eigenvalue weighted by Gasteiger charge is -2.20. The van der Waals surface area contributed by atoms with Crippen molar-refractivity contribution in [3.63, 3.8) is 0 Å². The molecule has 0 fully saturated rings. The number of hydrogen-bond acceptors (Lipinski definition) is 3. The van der Waals surface area contributed by atoms with Gasteiger partial charge in [-0.1, -0.05) is 24.6 Å². The molecule has 0 saturated carbocycles. The van der Waals surface area contributed by atoms with Crippen LogP contribution in [0.1, 0.15) is 43.6 Å². The molecule has 4 heteroatoms. The Morgan fingerprint density at radius 1 is 1.35 bits per heavy atom. The normalized spacial score (nSPS) is 11.7. The van der Waals surface area contributed by atoms with Gasteiger partial charge in [-0.15, -0.1) is 0 Å². The number of rotatable bonds is 2. The highest BCUT2D eigenvalue weighted by Gasteiger charge is 2.22. The third-order valence-electron chi connectivity index (χ3n) is 2.87. The maximum Gasteiger partial charge on any atom is 0.342 e. The Morgan fingerprint density at radius 2 is 2.05 bits per heavy atom. The van der Waals surface area contributed by atoms with Crippen molar-refractivity contribution in [2.24, 2.45) is 0 Å². The lowest BCUT2D eigenvalue weighted by Crippen LogP contribution is -2.24. The lowest BCUT2D eigenvalue weighted by molar-refractivity contribution is 0.00718. The largest absolute Gasteiger partial charge is 0.456 e. The third-order valence-corrected chi connectivity index (χ3v) is 3.18. The smallest absolute Gasteiger partial charge is 0.342 e. The summed E-state index contributed by atoms with van der Waals surface area (Å²) in [6.45, 7) is 7.54. The van der Waals surface area contributed by atoms with E-state index in [1.807, 2.05) is 32.9 Å². The Bertz CT molecular complexity index is 659. The van der Waals surface area contributed by atoms with Crippen molar-refractivity contribution in [3.8, 4) is 0 Å². The first-order chi connectivity index (χ1) is 9.31. The summed E-state index contributed by atoms with van der Waals surface area (Å²) < 4.78 is 5.41. The minimum Gasteiger partial charge on any atom is -0.456 e. The fraction of sp³-hybridized carbons (Fsp3) is 0.375. The summed E-state index contributed by atoms with van der Waals surface area (Å²) in [7, 11) is 0. The minimum absolute atomic E-state index is 0.335. The molecule has 2 aromatic rings. The van der Waals surface area contributed by atoms with E-state index in [1.54, 1.807) is 12.3 Å². The molecule has 0 bridgehead atoms. The molecule has 0 amide bonds. The molecule has 20 heavy (non-hydrogen) atoms. The van der Waals surface area contributed by atoms with Gasteiger partial charge in [0.15, 0.2) is 0 Å². The van der Waals surface area contributed by atoms with Gasteiger partial charge >= 0.3 is 5.97 Å². The number of fused-ring (bicyclic) bond motifs is 1. The second kappa shape index (κ2) is 5.41. The van der Waals surface area contributed by atoms with E-state index >= 15 is 0 Å². The Hall–Kier alpha value is -1.61. The number of carbonyl (C=O) groups is 1. The van der Waals surface area contributed by atoms with Crippen LogP contribution in [0, 0.1) is 0 Å². The highest BCUT2D eigenvalue weighted by molar-refractivity contribution is 6.35. The van der Waals surface area contributed by atoms with Crippen LogP contribution in [-0.2, 0) is 11.2 Å². The zero-order valence-corrected chi connectivity index (χ0v) is 12.9. The molecule has 1 heterocycles. The van der Waals surface area contributed by atoms with E-state index in [0.29, 0.717) is 16.1 Å². The maximum absolute atomic E-state index is 12.3. The van der Waals surface area contributed by atoms with Gasteiger partial charge in [-0.3, -0.25) is 4.98 Å². The molecule has 3 nitrogen and oxygen atoms in total. The molecule has 0 aliphatic heterocycles. The van der Waals surface area contributed by atoms with Gasteiger partial charge in [-0.2, -0.15) is 0 Å². The molecule has 0 atom stereocenters. The van der Waals surface area contributed by atoms with Crippen LogP contribution in [-0.4, -0.2) is 16.6 Å². The molecule has 0 radical (unpaired) electrons. The van der Waals surface area contributed by atoms with Crippen molar-refractivity contribution >= 4 is 28.5 Å². The number of nitrogens with zero attached hydrogens (tertiary/aromatic N) is 1. The van der Waals surface area contributed by atoms with Gasteiger partial charge in [0, 0.05) is 11.6 Å². The van der Waals surface area contributed by atoms with E-state index in [2.05, 4.69) is 11.9 Å². The highest BCUT2D eigenvalue weighted by Crippen LogP contribution is 2.27. The second-order valence-electron chi connectivity index (χ2n) is 5.69. The molecular weight excluding hydrogens is 274 g/mol. The predicted octanol–water partition coefficient (Wildman–Crippen LogP) is 4.41. The number of hydrogen-bond donors (Lipinski definition) is 0. The number of halogens is 1. The molecule has 2 rings (SSSR count). The molecular formula is C16H18ClNO2. The molecule has 0 aliphatic carbocycles. The summed E-state index contributed by atoms with van der Waals surface area (Å²) in [5, 5.41) is 1.26. The highest BCUT2D eigenvalue weighted by atomic mass is 35.5. The molecule has 0 N–H and O–H groups in total. The number of aryl methyl sites for hydroxylation is 1. The summed E-state index contributed by atoms with van der Waals surface area (Å²) >= 11 is 6.16. The molecule has 0 saturated heterocycles. The van der Waals surface area contributed by atoms with Gasteiger partial charge < -0.3 is 4.74 Å². The number of pyridine rings is 1. The van der Waals surface area contributed by atoms with E-state index in [0.717, 1.165) is 17.4 Å². The Labute approximate surface area is 123 Å². The molecule has 0 unspecified atom stereocenters. The summed E-state index contributed by atoms with van der Waals surface area (Å²) in [5.74, 6) is -0.440. The van der Waals surface area contributed by atoms with E-state index in [9.17, 15) is 4.79 Å². The Balaban J connectivity index is 2.57. The number of carbonyl (C=O) groups excluding carboxylic acids is 1. The van der Waals surface area contributed by atoms with Crippen LogP contribution in [0.3, 0.4) is 0 Å². The fourth-order valence-corrected chi connectivity index (χ4v) is 2.17. The molecule has 1 aromatic carbocycles. The maximum atomic E-state index is 12.3. The summed E-state index contributed by atoms with van der Waals surface area (Å²) in [5.41, 5.74) is 1.48. The zero-order valence-electron chi connectivity index (χ0n) is 12.2. The number of esters is 1. The predicted molar refractivity (Wildman–Crippen MR) is 81.3 cm³/mol. The van der Waals surface area contributed by atoms with Crippen LogP contribution in [0.5, 0.6) is 0 Å². The van der Waals surface area contributed by atoms with Gasteiger partial charge in [0.25, 0.3) is 0 Å². The first-order valence-electron chi connectivity index (χ1n) is 6.62. The molecule has 1 aromatic heterocycles. The number of ether oxygens (including phenoxy) is 1. The summed E-state index contributed by atoms with van der Waals surface area (Å²) in [4.78, 5) is 16.7. The first-order valence-corrected chi connectivity index (χ1v) is 7.00. The van der Waals surface area contributed by atoms with Gasteiger partial charge in [0.05, 0.1) is 10.5 Å². The van der Waals surface area contributed by atoms with Crippen molar-refractivity contribution in [2.75, 3.05) is 0 Å². The van der Waals surface area contributed by atoms with Gasteiger partial charge in [-0.05, 0) is 44.9 Å². The average molecular weight is 292 g/mol. The number of benzene rings is 1. The minimum atomic E-state index is -0.564.